The Kier molecular flexibility index (Phi) is 7.66. The minimum Gasteiger partial charge on any atom is -0.489 e. The average molecular weight is 432 g/mol. The van der Waals surface area contributed by atoms with Crippen molar-refractivity contribution >= 4 is 17.6 Å². The van der Waals surface area contributed by atoms with Crippen LogP contribution in [0.5, 0.6) is 5.75 Å². The summed E-state index contributed by atoms with van der Waals surface area (Å²) in [4.78, 5) is 24.7. The van der Waals surface area contributed by atoms with E-state index in [-0.39, 0.29) is 18.3 Å². The fourth-order valence-corrected chi connectivity index (χ4v) is 3.45. The summed E-state index contributed by atoms with van der Waals surface area (Å²) in [6.45, 7) is 8.43. The van der Waals surface area contributed by atoms with E-state index in [9.17, 15) is 9.59 Å². The molecule has 0 aliphatic carbocycles. The van der Waals surface area contributed by atoms with Gasteiger partial charge >= 0.3 is 5.97 Å². The second kappa shape index (κ2) is 10.6. The van der Waals surface area contributed by atoms with Crippen molar-refractivity contribution in [2.45, 2.75) is 40.7 Å². The van der Waals surface area contributed by atoms with Gasteiger partial charge in [0.05, 0.1) is 13.0 Å². The highest BCUT2D eigenvalue weighted by atomic mass is 16.5. The molecular formula is C27H29NO4. The van der Waals surface area contributed by atoms with Crippen LogP contribution in [-0.2, 0) is 22.6 Å². The van der Waals surface area contributed by atoms with Gasteiger partial charge in [0.15, 0.2) is 0 Å². The lowest BCUT2D eigenvalue weighted by Crippen LogP contribution is -2.15. The summed E-state index contributed by atoms with van der Waals surface area (Å²) < 4.78 is 10.9. The van der Waals surface area contributed by atoms with Crippen molar-refractivity contribution < 1.29 is 19.1 Å². The van der Waals surface area contributed by atoms with E-state index >= 15 is 0 Å². The zero-order valence-electron chi connectivity index (χ0n) is 19.0. The van der Waals surface area contributed by atoms with E-state index in [1.807, 2.05) is 69.3 Å². The van der Waals surface area contributed by atoms with Gasteiger partial charge in [-0.1, -0.05) is 48.0 Å². The van der Waals surface area contributed by atoms with Crippen LogP contribution >= 0.6 is 0 Å². The topological polar surface area (TPSA) is 64.6 Å². The number of ether oxygens (including phenoxy) is 2. The van der Waals surface area contributed by atoms with Crippen molar-refractivity contribution in [2.75, 3.05) is 11.9 Å². The third kappa shape index (κ3) is 6.20. The molecule has 0 radical (unpaired) electrons. The Hall–Kier alpha value is -3.60. The van der Waals surface area contributed by atoms with Gasteiger partial charge in [0.25, 0.3) is 5.91 Å². The van der Waals surface area contributed by atoms with Gasteiger partial charge in [-0.25, -0.2) is 0 Å². The number of nitrogens with one attached hydrogen (secondary N) is 1. The minimum atomic E-state index is -0.262. The number of carbonyl (C=O) groups is 2. The fraction of sp³-hybridized carbons (Fsp3) is 0.259. The molecule has 0 spiro atoms. The summed E-state index contributed by atoms with van der Waals surface area (Å²) in [7, 11) is 0. The maximum Gasteiger partial charge on any atom is 0.310 e. The summed E-state index contributed by atoms with van der Waals surface area (Å²) in [5.41, 5.74) is 6.11. The molecule has 3 aromatic carbocycles. The molecule has 1 amide bonds. The lowest BCUT2D eigenvalue weighted by Gasteiger charge is -2.13. The number of hydrogen-bond donors (Lipinski definition) is 1. The third-order valence-corrected chi connectivity index (χ3v) is 5.13. The molecule has 32 heavy (non-hydrogen) atoms. The normalized spacial score (nSPS) is 10.5. The fourth-order valence-electron chi connectivity index (χ4n) is 3.45. The molecule has 0 aliphatic rings. The molecule has 0 aromatic heterocycles. The SMILES string of the molecule is CCOC(=O)Cc1ccc(NC(=O)c2cc(OCc3cccc(C)c3)ccc2C)c(C)c1. The molecule has 166 valence electrons. The van der Waals surface area contributed by atoms with Gasteiger partial charge < -0.3 is 14.8 Å². The predicted molar refractivity (Wildman–Crippen MR) is 126 cm³/mol. The highest BCUT2D eigenvalue weighted by molar-refractivity contribution is 6.05. The van der Waals surface area contributed by atoms with Crippen LogP contribution in [0.2, 0.25) is 0 Å². The Morgan fingerprint density at radius 1 is 0.875 bits per heavy atom. The van der Waals surface area contributed by atoms with Gasteiger partial charge in [-0.3, -0.25) is 9.59 Å². The van der Waals surface area contributed by atoms with Gasteiger partial charge in [-0.2, -0.15) is 0 Å². The van der Waals surface area contributed by atoms with Crippen LogP contribution in [0.1, 0.15) is 45.1 Å². The van der Waals surface area contributed by atoms with E-state index in [0.29, 0.717) is 30.2 Å². The molecule has 3 rings (SSSR count). The molecule has 0 heterocycles. The first-order chi connectivity index (χ1) is 15.4. The van der Waals surface area contributed by atoms with E-state index in [4.69, 9.17) is 9.47 Å². The molecular weight excluding hydrogens is 402 g/mol. The number of esters is 1. The van der Waals surface area contributed by atoms with Crippen molar-refractivity contribution in [1.29, 1.82) is 0 Å². The Balaban J connectivity index is 1.69. The van der Waals surface area contributed by atoms with Crippen LogP contribution in [0, 0.1) is 20.8 Å². The number of carbonyl (C=O) groups excluding carboxylic acids is 2. The lowest BCUT2D eigenvalue weighted by atomic mass is 10.1. The second-order valence-electron chi connectivity index (χ2n) is 7.84. The summed E-state index contributed by atoms with van der Waals surface area (Å²) in [5.74, 6) is 0.176. The van der Waals surface area contributed by atoms with Crippen LogP contribution in [0.4, 0.5) is 5.69 Å². The standard InChI is InChI=1S/C27H29NO4/c1-5-31-26(29)15-21-10-12-25(20(4)14-21)28-27(30)24-16-23(11-9-19(24)3)32-17-22-8-6-7-18(2)13-22/h6-14,16H,5,15,17H2,1-4H3,(H,28,30). The molecule has 5 nitrogen and oxygen atoms in total. The van der Waals surface area contributed by atoms with Crippen molar-refractivity contribution in [3.8, 4) is 5.75 Å². The van der Waals surface area contributed by atoms with E-state index in [0.717, 1.165) is 22.3 Å². The van der Waals surface area contributed by atoms with Crippen LogP contribution < -0.4 is 10.1 Å². The number of rotatable bonds is 8. The second-order valence-corrected chi connectivity index (χ2v) is 7.84. The van der Waals surface area contributed by atoms with E-state index in [1.165, 1.54) is 5.56 Å². The third-order valence-electron chi connectivity index (χ3n) is 5.13. The van der Waals surface area contributed by atoms with Crippen LogP contribution in [0.25, 0.3) is 0 Å². The van der Waals surface area contributed by atoms with E-state index < -0.39 is 0 Å². The maximum atomic E-state index is 13.0. The highest BCUT2D eigenvalue weighted by Gasteiger charge is 2.13. The molecule has 3 aromatic rings. The molecule has 0 atom stereocenters. The molecule has 0 aliphatic heterocycles. The van der Waals surface area contributed by atoms with Crippen molar-refractivity contribution in [3.05, 3.63) is 94.0 Å². The van der Waals surface area contributed by atoms with Crippen LogP contribution in [0.15, 0.2) is 60.7 Å². The molecule has 1 N–H and O–H groups in total. The summed E-state index contributed by atoms with van der Waals surface area (Å²) in [6, 6.07) is 19.2. The first-order valence-corrected chi connectivity index (χ1v) is 10.7. The van der Waals surface area contributed by atoms with E-state index in [2.05, 4.69) is 11.4 Å². The molecule has 0 bridgehead atoms. The molecule has 0 saturated heterocycles. The number of benzene rings is 3. The van der Waals surface area contributed by atoms with Crippen LogP contribution in [0.3, 0.4) is 0 Å². The zero-order chi connectivity index (χ0) is 23.1. The molecule has 0 saturated carbocycles. The highest BCUT2D eigenvalue weighted by Crippen LogP contribution is 2.22. The Labute approximate surface area is 189 Å². The monoisotopic (exact) mass is 431 g/mol. The largest absolute Gasteiger partial charge is 0.489 e. The van der Waals surface area contributed by atoms with Crippen LogP contribution in [-0.4, -0.2) is 18.5 Å². The van der Waals surface area contributed by atoms with Crippen molar-refractivity contribution in [1.82, 2.24) is 0 Å². The lowest BCUT2D eigenvalue weighted by molar-refractivity contribution is -0.142. The van der Waals surface area contributed by atoms with Gasteiger partial charge in [-0.05, 0) is 68.1 Å². The van der Waals surface area contributed by atoms with E-state index in [1.54, 1.807) is 13.0 Å². The number of aryl methyl sites for hydroxylation is 3. The molecule has 5 heteroatoms. The Bertz CT molecular complexity index is 1120. The summed E-state index contributed by atoms with van der Waals surface area (Å²) in [6.07, 6.45) is 0.211. The van der Waals surface area contributed by atoms with Gasteiger partial charge in [0.2, 0.25) is 0 Å². The quantitative estimate of drug-likeness (QED) is 0.475. The van der Waals surface area contributed by atoms with Gasteiger partial charge in [-0.15, -0.1) is 0 Å². The van der Waals surface area contributed by atoms with Gasteiger partial charge in [0.1, 0.15) is 12.4 Å². The number of amides is 1. The molecule has 0 fully saturated rings. The molecule has 0 unspecified atom stereocenters. The average Bonchev–Trinajstić information content (AvgIpc) is 2.75. The summed E-state index contributed by atoms with van der Waals surface area (Å²) in [5, 5.41) is 2.97. The smallest absolute Gasteiger partial charge is 0.310 e. The Morgan fingerprint density at radius 3 is 2.41 bits per heavy atom. The predicted octanol–water partition coefficient (Wildman–Crippen LogP) is 5.55. The number of anilines is 1. The first kappa shape index (κ1) is 23.1. The summed E-state index contributed by atoms with van der Waals surface area (Å²) >= 11 is 0. The van der Waals surface area contributed by atoms with Gasteiger partial charge in [0, 0.05) is 11.3 Å². The van der Waals surface area contributed by atoms with Crippen molar-refractivity contribution in [2.24, 2.45) is 0 Å². The van der Waals surface area contributed by atoms with Crippen molar-refractivity contribution in [3.63, 3.8) is 0 Å². The minimum absolute atomic E-state index is 0.204. The number of hydrogen-bond acceptors (Lipinski definition) is 4. The first-order valence-electron chi connectivity index (χ1n) is 10.7. The maximum absolute atomic E-state index is 13.0. The zero-order valence-corrected chi connectivity index (χ0v) is 19.0. The Morgan fingerprint density at radius 2 is 1.69 bits per heavy atom.